The van der Waals surface area contributed by atoms with Crippen LogP contribution >= 0.6 is 0 Å². The van der Waals surface area contributed by atoms with E-state index in [1.807, 2.05) is 0 Å². The molecule has 6 heteroatoms. The number of nitrogens with one attached hydrogen (secondary N) is 1. The number of methoxy groups -OCH3 is 2. The summed E-state index contributed by atoms with van der Waals surface area (Å²) in [5.41, 5.74) is 1.26. The van der Waals surface area contributed by atoms with Crippen LogP contribution in [0.25, 0.3) is 0 Å². The molecule has 0 atom stereocenters. The number of fused-ring (bicyclic) bond motifs is 1. The van der Waals surface area contributed by atoms with Crippen molar-refractivity contribution in [2.75, 3.05) is 19.5 Å². The number of anilines is 1. The van der Waals surface area contributed by atoms with E-state index >= 15 is 0 Å². The van der Waals surface area contributed by atoms with Gasteiger partial charge < -0.3 is 19.5 Å². The largest absolute Gasteiger partial charge is 0.493 e. The molecule has 0 saturated carbocycles. The Kier molecular flexibility index (Phi) is 2.86. The van der Waals surface area contributed by atoms with Crippen LogP contribution in [0.2, 0.25) is 0 Å². The second-order valence-electron chi connectivity index (χ2n) is 3.36. The third-order valence-electron chi connectivity index (χ3n) is 2.52. The minimum atomic E-state index is -0.481. The van der Waals surface area contributed by atoms with Crippen molar-refractivity contribution in [3.8, 4) is 11.5 Å². The van der Waals surface area contributed by atoms with Gasteiger partial charge in [0.05, 0.1) is 19.8 Å². The third kappa shape index (κ3) is 1.67. The van der Waals surface area contributed by atoms with Crippen LogP contribution in [0.1, 0.15) is 15.9 Å². The van der Waals surface area contributed by atoms with Gasteiger partial charge in [-0.25, -0.2) is 4.79 Å². The number of amides is 1. The van der Waals surface area contributed by atoms with Gasteiger partial charge in [0.25, 0.3) is 0 Å². The molecule has 0 spiro atoms. The molecule has 1 aliphatic rings. The summed E-state index contributed by atoms with van der Waals surface area (Å²) in [6, 6.07) is 1.66. The first-order chi connectivity index (χ1) is 8.22. The van der Waals surface area contributed by atoms with Gasteiger partial charge in [-0.3, -0.25) is 4.79 Å². The van der Waals surface area contributed by atoms with Gasteiger partial charge in [-0.05, 0) is 6.07 Å². The first kappa shape index (κ1) is 11.3. The number of rotatable bonds is 4. The highest BCUT2D eigenvalue weighted by Gasteiger charge is 2.30. The molecule has 0 aliphatic carbocycles. The number of carbonyl (C=O) groups is 2. The Labute approximate surface area is 97.5 Å². The van der Waals surface area contributed by atoms with Crippen molar-refractivity contribution < 1.29 is 23.8 Å². The molecular formula is C11H11NO5. The maximum Gasteiger partial charge on any atom is 0.341 e. The molecule has 0 unspecified atom stereocenters. The average Bonchev–Trinajstić information content (AvgIpc) is 2.70. The topological polar surface area (TPSA) is 73.9 Å². The van der Waals surface area contributed by atoms with E-state index in [2.05, 4.69) is 5.32 Å². The number of esters is 1. The van der Waals surface area contributed by atoms with E-state index in [1.165, 1.54) is 14.2 Å². The van der Waals surface area contributed by atoms with E-state index < -0.39 is 5.97 Å². The third-order valence-corrected chi connectivity index (χ3v) is 2.52. The highest BCUT2D eigenvalue weighted by molar-refractivity contribution is 6.03. The zero-order valence-corrected chi connectivity index (χ0v) is 9.40. The van der Waals surface area contributed by atoms with E-state index in [9.17, 15) is 9.59 Å². The smallest absolute Gasteiger partial charge is 0.341 e. The van der Waals surface area contributed by atoms with Gasteiger partial charge in [-0.2, -0.15) is 0 Å². The first-order valence-electron chi connectivity index (χ1n) is 4.88. The Morgan fingerprint density at radius 2 is 2.18 bits per heavy atom. The quantitative estimate of drug-likeness (QED) is 0.623. The summed E-state index contributed by atoms with van der Waals surface area (Å²) in [4.78, 5) is 22.1. The lowest BCUT2D eigenvalue weighted by Gasteiger charge is -2.14. The van der Waals surface area contributed by atoms with Gasteiger partial charge in [0.2, 0.25) is 6.41 Å². The summed E-state index contributed by atoms with van der Waals surface area (Å²) in [5.74, 6) is 0.261. The number of ether oxygens (including phenoxy) is 3. The van der Waals surface area contributed by atoms with Crippen molar-refractivity contribution in [2.45, 2.75) is 6.61 Å². The lowest BCUT2D eigenvalue weighted by atomic mass is 10.1. The minimum absolute atomic E-state index is 0.169. The Morgan fingerprint density at radius 3 is 2.76 bits per heavy atom. The van der Waals surface area contributed by atoms with Crippen LogP contribution in [0.5, 0.6) is 11.5 Å². The normalized spacial score (nSPS) is 12.7. The highest BCUT2D eigenvalue weighted by atomic mass is 16.5. The molecule has 0 radical (unpaired) electrons. The molecule has 17 heavy (non-hydrogen) atoms. The Morgan fingerprint density at radius 1 is 1.41 bits per heavy atom. The fourth-order valence-corrected chi connectivity index (χ4v) is 1.81. The molecular weight excluding hydrogens is 226 g/mol. The lowest BCUT2D eigenvalue weighted by molar-refractivity contribution is -0.105. The molecule has 0 aromatic heterocycles. The molecule has 6 nitrogen and oxygen atoms in total. The van der Waals surface area contributed by atoms with Crippen LogP contribution in [-0.4, -0.2) is 26.6 Å². The Bertz CT molecular complexity index is 483. The van der Waals surface area contributed by atoms with Crippen molar-refractivity contribution in [3.05, 3.63) is 17.2 Å². The van der Waals surface area contributed by atoms with Crippen molar-refractivity contribution in [1.82, 2.24) is 0 Å². The molecule has 0 saturated heterocycles. The monoisotopic (exact) mass is 237 g/mol. The summed E-state index contributed by atoms with van der Waals surface area (Å²) in [6.07, 6.45) is 0.475. The van der Waals surface area contributed by atoms with Crippen LogP contribution in [-0.2, 0) is 16.1 Å². The zero-order chi connectivity index (χ0) is 12.4. The summed E-state index contributed by atoms with van der Waals surface area (Å²) >= 11 is 0. The fraction of sp³-hybridized carbons (Fsp3) is 0.273. The molecule has 1 aliphatic heterocycles. The zero-order valence-electron chi connectivity index (χ0n) is 9.40. The van der Waals surface area contributed by atoms with Gasteiger partial charge in [0.1, 0.15) is 12.3 Å². The van der Waals surface area contributed by atoms with Crippen molar-refractivity contribution >= 4 is 18.1 Å². The van der Waals surface area contributed by atoms with Gasteiger partial charge >= 0.3 is 5.97 Å². The van der Waals surface area contributed by atoms with Crippen LogP contribution in [0.3, 0.4) is 0 Å². The van der Waals surface area contributed by atoms with Gasteiger partial charge in [-0.1, -0.05) is 0 Å². The van der Waals surface area contributed by atoms with Crippen molar-refractivity contribution in [2.24, 2.45) is 0 Å². The van der Waals surface area contributed by atoms with E-state index in [-0.39, 0.29) is 12.3 Å². The number of cyclic esters (lactones) is 1. The summed E-state index contributed by atoms with van der Waals surface area (Å²) in [7, 11) is 2.91. The Balaban J connectivity index is 2.69. The summed E-state index contributed by atoms with van der Waals surface area (Å²) in [6.45, 7) is 0.169. The molecule has 0 bridgehead atoms. The van der Waals surface area contributed by atoms with Crippen LogP contribution in [0.15, 0.2) is 6.07 Å². The number of hydrogen-bond acceptors (Lipinski definition) is 5. The fourth-order valence-electron chi connectivity index (χ4n) is 1.81. The molecule has 90 valence electrons. The van der Waals surface area contributed by atoms with Gasteiger partial charge in [0, 0.05) is 5.56 Å². The molecule has 1 N–H and O–H groups in total. The van der Waals surface area contributed by atoms with E-state index in [0.717, 1.165) is 0 Å². The van der Waals surface area contributed by atoms with Gasteiger partial charge in [-0.15, -0.1) is 0 Å². The average molecular weight is 237 g/mol. The van der Waals surface area contributed by atoms with E-state index in [0.29, 0.717) is 29.0 Å². The predicted octanol–water partition coefficient (Wildman–Crippen LogP) is 0.942. The molecule has 1 aromatic rings. The summed E-state index contributed by atoms with van der Waals surface area (Å²) < 4.78 is 15.2. The van der Waals surface area contributed by atoms with Gasteiger partial charge in [0.15, 0.2) is 11.5 Å². The second kappa shape index (κ2) is 4.32. The SMILES string of the molecule is COc1cc2c(c(NC=O)c1OC)C(=O)OC2. The Hall–Kier alpha value is -2.24. The molecule has 0 fully saturated rings. The molecule has 2 rings (SSSR count). The second-order valence-corrected chi connectivity index (χ2v) is 3.36. The predicted molar refractivity (Wildman–Crippen MR) is 58.4 cm³/mol. The van der Waals surface area contributed by atoms with E-state index in [4.69, 9.17) is 14.2 Å². The number of carbonyl (C=O) groups excluding carboxylic acids is 2. The molecule has 1 aromatic carbocycles. The maximum atomic E-state index is 11.6. The van der Waals surface area contributed by atoms with Crippen molar-refractivity contribution in [1.29, 1.82) is 0 Å². The van der Waals surface area contributed by atoms with Crippen LogP contribution in [0, 0.1) is 0 Å². The summed E-state index contributed by atoms with van der Waals surface area (Å²) in [5, 5.41) is 2.45. The van der Waals surface area contributed by atoms with Crippen molar-refractivity contribution in [3.63, 3.8) is 0 Å². The first-order valence-corrected chi connectivity index (χ1v) is 4.88. The maximum absolute atomic E-state index is 11.6. The molecule has 1 amide bonds. The standard InChI is InChI=1S/C11H11NO5/c1-15-7-3-6-4-17-11(14)8(6)9(12-5-13)10(7)16-2/h3,5H,4H2,1-2H3,(H,12,13). The number of benzene rings is 1. The number of hydrogen-bond donors (Lipinski definition) is 1. The van der Waals surface area contributed by atoms with Crippen LogP contribution < -0.4 is 14.8 Å². The highest BCUT2D eigenvalue weighted by Crippen LogP contribution is 2.42. The molecule has 1 heterocycles. The minimum Gasteiger partial charge on any atom is -0.493 e. The lowest BCUT2D eigenvalue weighted by Crippen LogP contribution is -2.06. The van der Waals surface area contributed by atoms with E-state index in [1.54, 1.807) is 6.07 Å². The van der Waals surface area contributed by atoms with Crippen LogP contribution in [0.4, 0.5) is 5.69 Å².